The maximum Gasteiger partial charge on any atom is 1.00 e. The molecule has 2 radical (unpaired) electrons. The van der Waals surface area contributed by atoms with Crippen LogP contribution in [0.3, 0.4) is 0 Å². The summed E-state index contributed by atoms with van der Waals surface area (Å²) in [5, 5.41) is 51.6. The first-order valence-corrected chi connectivity index (χ1v) is 19.0. The molecule has 0 aromatic rings. The number of carboxylic acid groups (broad SMARTS) is 2. The number of carbonyl (C=O) groups is 7. The van der Waals surface area contributed by atoms with Crippen molar-refractivity contribution in [2.45, 2.75) is 130 Å². The van der Waals surface area contributed by atoms with Crippen molar-refractivity contribution < 1.29 is 98.2 Å². The van der Waals surface area contributed by atoms with Crippen molar-refractivity contribution in [1.29, 1.82) is 0 Å². The summed E-state index contributed by atoms with van der Waals surface area (Å²) in [5.74, 6) is -1.71. The minimum atomic E-state index is -0.701. The van der Waals surface area contributed by atoms with Gasteiger partial charge in [0, 0.05) is 49.3 Å². The van der Waals surface area contributed by atoms with Crippen molar-refractivity contribution in [3.05, 3.63) is 0 Å². The summed E-state index contributed by atoms with van der Waals surface area (Å²) in [4.78, 5) is 82.3. The van der Waals surface area contributed by atoms with Crippen molar-refractivity contribution in [2.24, 2.45) is 5.92 Å². The summed E-state index contributed by atoms with van der Waals surface area (Å²) in [5.41, 5.74) is -0.450. The summed E-state index contributed by atoms with van der Waals surface area (Å²) >= 11 is 1.75. The van der Waals surface area contributed by atoms with Crippen LogP contribution in [0, 0.1) is 5.92 Å². The molecule has 21 heteroatoms. The van der Waals surface area contributed by atoms with Crippen LogP contribution < -0.4 is 50.8 Å². The first kappa shape index (κ1) is 68.1. The molecule has 56 heavy (non-hydrogen) atoms. The Labute approximate surface area is 360 Å². The zero-order valence-electron chi connectivity index (χ0n) is 35.0. The predicted octanol–water partition coefficient (Wildman–Crippen LogP) is -2.67. The molecule has 5 unspecified atom stereocenters. The second-order valence-corrected chi connectivity index (χ2v) is 12.9. The van der Waals surface area contributed by atoms with Gasteiger partial charge in [-0.25, -0.2) is 6.29 Å². The van der Waals surface area contributed by atoms with Crippen LogP contribution in [0.1, 0.15) is 101 Å². The Balaban J connectivity index is -0.000000111. The molecule has 1 aliphatic rings. The average Bonchev–Trinajstić information content (AvgIpc) is 3.12. The molecule has 0 aliphatic carbocycles. The van der Waals surface area contributed by atoms with Gasteiger partial charge >= 0.3 is 35.5 Å². The standard InChI is InChI=1S/C11H18N3O4.C8H16O2S.C6H10BNO3.C5H10O3.2C2H6.CH2O2.Na/c1-8(2)9(6-15)14-10(17)3-4-13-11(18)5-12-7-16;1-4-6(2)11-7(3)5-8(9)10;7-5(10)1-3-8-6(11)2-4-9;6-4-1-5(7)3-8-2-4;2*1-2;2-1-3;/h7-9H,3-5H2,1-2H3,(H,12,16)(H,13,18)(H,14,17);6-7H,4-5H2,1-3H3,(H,9,10);9H,1-4H2,(H,8,11);4-7H,1-3H2;2*1-2H3;1H,(H,2,3);/q-1;;;;;;;+1. The van der Waals surface area contributed by atoms with Crippen LogP contribution in [0.15, 0.2) is 0 Å². The molecule has 1 heterocycles. The fraction of sp³-hybridized carbons (Fsp3) is 0.771. The van der Waals surface area contributed by atoms with E-state index in [1.165, 1.54) is 0 Å². The molecule has 0 saturated carbocycles. The van der Waals surface area contributed by atoms with Crippen molar-refractivity contribution >= 4 is 68.2 Å². The Morgan fingerprint density at radius 1 is 0.875 bits per heavy atom. The van der Waals surface area contributed by atoms with Gasteiger partial charge in [-0.15, -0.1) is 0 Å². The SMILES string of the molecule is CC.CC.CC(C)C([C-]=O)NC(=O)CCNC(=O)CNC=O.CCC(C)SC(C)CC(=O)O.O=CO.OC1COCC(O)C1.[B]C(=O)CCNC(=O)CCO.[Na+]. The van der Waals surface area contributed by atoms with E-state index < -0.39 is 29.9 Å². The van der Waals surface area contributed by atoms with E-state index in [-0.39, 0.29) is 117 Å². The minimum absolute atomic E-state index is 0. The molecule has 18 nitrogen and oxygen atoms in total. The quantitative estimate of drug-likeness (QED) is 0.0364. The monoisotopic (exact) mass is 834 g/mol. The third-order valence-corrected chi connectivity index (χ3v) is 7.26. The smallest absolute Gasteiger partial charge is 0.540 e. The second kappa shape index (κ2) is 52.4. The number of carboxylic acids is 1. The molecule has 0 aromatic carbocycles. The van der Waals surface area contributed by atoms with Crippen LogP contribution in [-0.4, -0.2) is 150 Å². The van der Waals surface area contributed by atoms with Gasteiger partial charge in [-0.05, 0) is 6.42 Å². The van der Waals surface area contributed by atoms with Gasteiger partial charge in [0.15, 0.2) is 7.85 Å². The van der Waals surface area contributed by atoms with E-state index in [0.717, 1.165) is 6.42 Å². The molecule has 0 aromatic heterocycles. The molecule has 9 N–H and O–H groups in total. The molecular formula is C35H68BN4NaO14S. The van der Waals surface area contributed by atoms with Crippen molar-refractivity contribution in [3.63, 3.8) is 0 Å². The number of ether oxygens (including phenoxy) is 1. The number of nitrogens with one attached hydrogen (secondary N) is 4. The maximum absolute atomic E-state index is 11.4. The van der Waals surface area contributed by atoms with Crippen LogP contribution in [0.2, 0.25) is 0 Å². The third-order valence-electron chi connectivity index (χ3n) is 5.83. The predicted molar refractivity (Wildman–Crippen MR) is 212 cm³/mol. The summed E-state index contributed by atoms with van der Waals surface area (Å²) in [7, 11) is 4.81. The van der Waals surface area contributed by atoms with Gasteiger partial charge in [0.05, 0.1) is 50.7 Å². The fourth-order valence-corrected chi connectivity index (χ4v) is 4.41. The average molecular weight is 835 g/mol. The molecule has 322 valence electrons. The Hall–Kier alpha value is -2.59. The first-order valence-electron chi connectivity index (χ1n) is 18.1. The van der Waals surface area contributed by atoms with Gasteiger partial charge in [-0.1, -0.05) is 74.3 Å². The molecule has 0 spiro atoms. The van der Waals surface area contributed by atoms with Crippen molar-refractivity contribution in [2.75, 3.05) is 39.5 Å². The Bertz CT molecular complexity index is 983. The van der Waals surface area contributed by atoms with Gasteiger partial charge in [0.2, 0.25) is 24.1 Å². The number of aliphatic hydroxyl groups excluding tert-OH is 3. The fourth-order valence-electron chi connectivity index (χ4n) is 3.18. The number of hydrogen-bond donors (Lipinski definition) is 9. The van der Waals surface area contributed by atoms with Gasteiger partial charge in [0.25, 0.3) is 6.47 Å². The third kappa shape index (κ3) is 60.7. The van der Waals surface area contributed by atoms with Gasteiger partial charge in [-0.2, -0.15) is 11.8 Å². The Morgan fingerprint density at radius 2 is 1.36 bits per heavy atom. The maximum atomic E-state index is 11.4. The zero-order chi connectivity index (χ0) is 44.2. The van der Waals surface area contributed by atoms with Crippen LogP contribution >= 0.6 is 11.8 Å². The summed E-state index contributed by atoms with van der Waals surface area (Å²) in [6, 6.07) is -0.634. The van der Waals surface area contributed by atoms with E-state index in [0.29, 0.717) is 31.3 Å². The zero-order valence-corrected chi connectivity index (χ0v) is 37.8. The second-order valence-electron chi connectivity index (χ2n) is 11.0. The molecule has 0 bridgehead atoms. The number of rotatable bonds is 19. The molecule has 1 fully saturated rings. The topological polar surface area (TPSA) is 295 Å². The van der Waals surface area contributed by atoms with E-state index in [2.05, 4.69) is 35.1 Å². The first-order chi connectivity index (χ1) is 25.9. The number of hydrogen-bond acceptors (Lipinski definition) is 13. The van der Waals surface area contributed by atoms with Crippen LogP contribution in [0.5, 0.6) is 0 Å². The van der Waals surface area contributed by atoms with Crippen LogP contribution in [0.25, 0.3) is 0 Å². The van der Waals surface area contributed by atoms with E-state index >= 15 is 0 Å². The molecule has 1 aliphatic heterocycles. The number of carbonyl (C=O) groups excluding carboxylic acids is 6. The normalized spacial score (nSPS) is 14.7. The molecule has 1 rings (SSSR count). The van der Waals surface area contributed by atoms with Crippen molar-refractivity contribution in [3.8, 4) is 0 Å². The molecule has 5 atom stereocenters. The van der Waals surface area contributed by atoms with Gasteiger partial charge < -0.3 is 61.1 Å². The summed E-state index contributed by atoms with van der Waals surface area (Å²) in [6.45, 7) is 18.4. The number of amides is 4. The molecule has 4 amide bonds. The summed E-state index contributed by atoms with van der Waals surface area (Å²) in [6.07, 6.45) is 3.35. The van der Waals surface area contributed by atoms with Gasteiger partial charge in [-0.3, -0.25) is 28.8 Å². The summed E-state index contributed by atoms with van der Waals surface area (Å²) < 4.78 is 4.79. The molecule has 1 saturated heterocycles. The van der Waals surface area contributed by atoms with Crippen molar-refractivity contribution in [1.82, 2.24) is 21.3 Å². The molecular weight excluding hydrogens is 766 g/mol. The van der Waals surface area contributed by atoms with E-state index in [9.17, 15) is 33.6 Å². The number of thioether (sulfide) groups is 1. The van der Waals surface area contributed by atoms with E-state index in [4.69, 9.17) is 42.9 Å². The van der Waals surface area contributed by atoms with Crippen LogP contribution in [-0.2, 0) is 43.1 Å². The van der Waals surface area contributed by atoms with Gasteiger partial charge in [0.1, 0.15) is 0 Å². The van der Waals surface area contributed by atoms with Crippen LogP contribution in [0.4, 0.5) is 0 Å². The Kier molecular flexibility index (Phi) is 63.8. The Morgan fingerprint density at radius 3 is 1.71 bits per heavy atom. The minimum Gasteiger partial charge on any atom is -0.540 e. The van der Waals surface area contributed by atoms with E-state index in [1.54, 1.807) is 31.9 Å². The number of aliphatic carboxylic acids is 1. The number of aliphatic hydroxyl groups is 3. The van der Waals surface area contributed by atoms with E-state index in [1.807, 2.05) is 34.6 Å². The largest absolute Gasteiger partial charge is 1.00 e.